The highest BCUT2D eigenvalue weighted by molar-refractivity contribution is 8.00. The normalized spacial score (nSPS) is 14.8. The molecule has 1 atom stereocenters. The van der Waals surface area contributed by atoms with Gasteiger partial charge in [0.15, 0.2) is 11.0 Å². The maximum atomic E-state index is 12.1. The van der Waals surface area contributed by atoms with Gasteiger partial charge in [0.2, 0.25) is 5.91 Å². The summed E-state index contributed by atoms with van der Waals surface area (Å²) in [5, 5.41) is 11.8. The Morgan fingerprint density at radius 1 is 1.32 bits per heavy atom. The van der Waals surface area contributed by atoms with Crippen LogP contribution in [0.5, 0.6) is 11.5 Å². The molecule has 0 spiro atoms. The summed E-state index contributed by atoms with van der Waals surface area (Å²) >= 11 is 1.40. The molecule has 0 radical (unpaired) electrons. The van der Waals surface area contributed by atoms with Crippen LogP contribution in [0.15, 0.2) is 29.4 Å². The van der Waals surface area contributed by atoms with Crippen LogP contribution in [0.3, 0.4) is 0 Å². The predicted molar refractivity (Wildman–Crippen MR) is 94.8 cm³/mol. The maximum absolute atomic E-state index is 12.1. The molecule has 2 aromatic rings. The van der Waals surface area contributed by atoms with Crippen molar-refractivity contribution in [1.29, 1.82) is 0 Å². The molecule has 1 amide bonds. The quantitative estimate of drug-likeness (QED) is 0.725. The van der Waals surface area contributed by atoms with E-state index in [0.717, 1.165) is 24.3 Å². The third-order valence-electron chi connectivity index (χ3n) is 3.93. The number of thioether (sulfide) groups is 1. The first kappa shape index (κ1) is 17.6. The second kappa shape index (κ2) is 7.77. The van der Waals surface area contributed by atoms with Crippen LogP contribution in [-0.2, 0) is 18.4 Å². The lowest BCUT2D eigenvalue weighted by Crippen LogP contribution is -2.32. The second-order valence-electron chi connectivity index (χ2n) is 5.96. The van der Waals surface area contributed by atoms with E-state index in [-0.39, 0.29) is 11.2 Å². The molecule has 8 heteroatoms. The van der Waals surface area contributed by atoms with Gasteiger partial charge in [0.25, 0.3) is 0 Å². The average molecular weight is 362 g/mol. The second-order valence-corrected chi connectivity index (χ2v) is 7.27. The van der Waals surface area contributed by atoms with Gasteiger partial charge in [-0.2, -0.15) is 0 Å². The van der Waals surface area contributed by atoms with Gasteiger partial charge < -0.3 is 19.4 Å². The number of nitrogens with zero attached hydrogens (tertiary/aromatic N) is 3. The maximum Gasteiger partial charge on any atom is 0.233 e. The van der Waals surface area contributed by atoms with E-state index in [9.17, 15) is 4.79 Å². The number of nitrogens with one attached hydrogen (secondary N) is 1. The first-order valence-corrected chi connectivity index (χ1v) is 9.07. The standard InChI is InChI=1S/C17H22N4O3S/c1-11(16(22)18-12-4-5-12)25-17-20-19-15(21(17)2)10-24-14-8-6-13(23-3)7-9-14/h6-9,11-12H,4-5,10H2,1-3H3,(H,18,22)/t11-/m1/s1. The van der Waals surface area contributed by atoms with E-state index >= 15 is 0 Å². The van der Waals surface area contributed by atoms with E-state index in [1.165, 1.54) is 11.8 Å². The number of carbonyl (C=O) groups is 1. The lowest BCUT2D eigenvalue weighted by atomic mass is 10.3. The van der Waals surface area contributed by atoms with Gasteiger partial charge in [-0.05, 0) is 44.0 Å². The van der Waals surface area contributed by atoms with Crippen molar-refractivity contribution in [1.82, 2.24) is 20.1 Å². The summed E-state index contributed by atoms with van der Waals surface area (Å²) in [7, 11) is 3.50. The minimum atomic E-state index is -0.209. The highest BCUT2D eigenvalue weighted by atomic mass is 32.2. The number of aromatic nitrogens is 3. The monoisotopic (exact) mass is 362 g/mol. The summed E-state index contributed by atoms with van der Waals surface area (Å²) in [6.45, 7) is 2.18. The Balaban J connectivity index is 1.55. The Hall–Kier alpha value is -2.22. The zero-order chi connectivity index (χ0) is 17.8. The van der Waals surface area contributed by atoms with Crippen LogP contribution in [0, 0.1) is 0 Å². The van der Waals surface area contributed by atoms with Crippen molar-refractivity contribution >= 4 is 17.7 Å². The zero-order valence-electron chi connectivity index (χ0n) is 14.6. The smallest absolute Gasteiger partial charge is 0.233 e. The molecular formula is C17H22N4O3S. The van der Waals surface area contributed by atoms with Gasteiger partial charge in [-0.15, -0.1) is 10.2 Å². The van der Waals surface area contributed by atoms with Gasteiger partial charge in [-0.1, -0.05) is 11.8 Å². The van der Waals surface area contributed by atoms with Gasteiger partial charge in [0.1, 0.15) is 18.1 Å². The van der Waals surface area contributed by atoms with Gasteiger partial charge >= 0.3 is 0 Å². The molecule has 0 aliphatic heterocycles. The number of carbonyl (C=O) groups excluding carboxylic acids is 1. The summed E-state index contributed by atoms with van der Waals surface area (Å²) in [5.41, 5.74) is 0. The first-order valence-electron chi connectivity index (χ1n) is 8.19. The Labute approximate surface area is 151 Å². The number of methoxy groups -OCH3 is 1. The van der Waals surface area contributed by atoms with Crippen LogP contribution in [0.4, 0.5) is 0 Å². The fourth-order valence-corrected chi connectivity index (χ4v) is 2.99. The topological polar surface area (TPSA) is 78.3 Å². The largest absolute Gasteiger partial charge is 0.497 e. The van der Waals surface area contributed by atoms with Crippen LogP contribution in [0.1, 0.15) is 25.6 Å². The van der Waals surface area contributed by atoms with Crippen LogP contribution in [0.2, 0.25) is 0 Å². The Morgan fingerprint density at radius 3 is 2.64 bits per heavy atom. The van der Waals surface area contributed by atoms with E-state index < -0.39 is 0 Å². The molecule has 0 bridgehead atoms. The first-order chi connectivity index (χ1) is 12.1. The molecule has 1 saturated carbocycles. The highest BCUT2D eigenvalue weighted by Crippen LogP contribution is 2.24. The van der Waals surface area contributed by atoms with Crippen LogP contribution >= 0.6 is 11.8 Å². The number of hydrogen-bond acceptors (Lipinski definition) is 6. The van der Waals surface area contributed by atoms with Gasteiger partial charge in [0, 0.05) is 13.1 Å². The number of rotatable bonds is 8. The fraction of sp³-hybridized carbons (Fsp3) is 0.471. The van der Waals surface area contributed by atoms with Crippen molar-refractivity contribution in [2.45, 2.75) is 42.8 Å². The fourth-order valence-electron chi connectivity index (χ4n) is 2.15. The molecule has 1 fully saturated rings. The molecule has 1 N–H and O–H groups in total. The molecule has 0 unspecified atom stereocenters. The third kappa shape index (κ3) is 4.66. The van der Waals surface area contributed by atoms with Gasteiger partial charge in [-0.25, -0.2) is 0 Å². The predicted octanol–water partition coefficient (Wildman–Crippen LogP) is 2.16. The van der Waals surface area contributed by atoms with Crippen LogP contribution < -0.4 is 14.8 Å². The minimum Gasteiger partial charge on any atom is -0.497 e. The lowest BCUT2D eigenvalue weighted by molar-refractivity contribution is -0.120. The van der Waals surface area contributed by atoms with Crippen molar-refractivity contribution in [3.05, 3.63) is 30.1 Å². The SMILES string of the molecule is COc1ccc(OCc2nnc(S[C@H](C)C(=O)NC3CC3)n2C)cc1. The summed E-state index contributed by atoms with van der Waals surface area (Å²) < 4.78 is 12.7. The van der Waals surface area contributed by atoms with E-state index in [1.54, 1.807) is 7.11 Å². The Kier molecular flexibility index (Phi) is 5.47. The van der Waals surface area contributed by atoms with Crippen molar-refractivity contribution in [3.8, 4) is 11.5 Å². The summed E-state index contributed by atoms with van der Waals surface area (Å²) in [5.74, 6) is 2.26. The zero-order valence-corrected chi connectivity index (χ0v) is 15.4. The molecule has 7 nitrogen and oxygen atoms in total. The molecule has 1 aromatic heterocycles. The molecule has 1 aliphatic rings. The molecule has 3 rings (SSSR count). The van der Waals surface area contributed by atoms with E-state index in [2.05, 4.69) is 15.5 Å². The minimum absolute atomic E-state index is 0.0477. The van der Waals surface area contributed by atoms with E-state index in [1.807, 2.05) is 42.8 Å². The summed E-state index contributed by atoms with van der Waals surface area (Å²) in [6, 6.07) is 7.73. The summed E-state index contributed by atoms with van der Waals surface area (Å²) in [4.78, 5) is 12.1. The Morgan fingerprint density at radius 2 is 2.00 bits per heavy atom. The van der Waals surface area contributed by atoms with E-state index in [4.69, 9.17) is 9.47 Å². The van der Waals surface area contributed by atoms with Crippen molar-refractivity contribution in [3.63, 3.8) is 0 Å². The summed E-state index contributed by atoms with van der Waals surface area (Å²) in [6.07, 6.45) is 2.17. The van der Waals surface area contributed by atoms with Crippen LogP contribution in [-0.4, -0.2) is 39.1 Å². The van der Waals surface area contributed by atoms with Gasteiger partial charge in [-0.3, -0.25) is 4.79 Å². The number of hydrogen-bond donors (Lipinski definition) is 1. The highest BCUT2D eigenvalue weighted by Gasteiger charge is 2.27. The number of amides is 1. The average Bonchev–Trinajstić information content (AvgIpc) is 3.37. The Bertz CT molecular complexity index is 728. The van der Waals surface area contributed by atoms with Gasteiger partial charge in [0.05, 0.1) is 12.4 Å². The molecular weight excluding hydrogens is 340 g/mol. The lowest BCUT2D eigenvalue weighted by Gasteiger charge is -2.11. The van der Waals surface area contributed by atoms with Crippen LogP contribution in [0.25, 0.3) is 0 Å². The molecule has 1 heterocycles. The molecule has 134 valence electrons. The number of benzene rings is 1. The molecule has 25 heavy (non-hydrogen) atoms. The molecule has 0 saturated heterocycles. The van der Waals surface area contributed by atoms with Crippen molar-refractivity contribution in [2.24, 2.45) is 7.05 Å². The molecule has 1 aliphatic carbocycles. The molecule has 1 aromatic carbocycles. The van der Waals surface area contributed by atoms with Crippen molar-refractivity contribution < 1.29 is 14.3 Å². The van der Waals surface area contributed by atoms with E-state index in [0.29, 0.717) is 23.6 Å². The third-order valence-corrected chi connectivity index (χ3v) is 5.06. The number of ether oxygens (including phenoxy) is 2. The van der Waals surface area contributed by atoms with Crippen molar-refractivity contribution in [2.75, 3.05) is 7.11 Å².